The highest BCUT2D eigenvalue weighted by Crippen LogP contribution is 2.40. The topological polar surface area (TPSA) is 57.5 Å². The number of piperidine rings is 2. The maximum absolute atomic E-state index is 9.83. The molecule has 0 saturated carbocycles. The van der Waals surface area contributed by atoms with Crippen LogP contribution in [0.1, 0.15) is 49.7 Å². The summed E-state index contributed by atoms with van der Waals surface area (Å²) in [5.74, 6) is 1.63. The first-order valence-electron chi connectivity index (χ1n) is 12.5. The normalized spacial score (nSPS) is 18.1. The summed E-state index contributed by atoms with van der Waals surface area (Å²) >= 11 is 0. The predicted molar refractivity (Wildman–Crippen MR) is 131 cm³/mol. The van der Waals surface area contributed by atoms with E-state index in [4.69, 9.17) is 9.47 Å². The third kappa shape index (κ3) is 5.68. The Bertz CT molecular complexity index is 910. The van der Waals surface area contributed by atoms with E-state index in [1.165, 1.54) is 64.7 Å². The summed E-state index contributed by atoms with van der Waals surface area (Å²) in [5.41, 5.74) is 4.55. The van der Waals surface area contributed by atoms with Crippen molar-refractivity contribution >= 4 is 5.71 Å². The Hall–Kier alpha value is -2.28. The Balaban J connectivity index is 0.00000274. The van der Waals surface area contributed by atoms with Crippen molar-refractivity contribution in [3.63, 3.8) is 0 Å². The standard InChI is InChI=1S/C27H35N3O3.ClH/c31-28-27-25-19-21(32-17-15-29-11-3-1-4-12-29)7-9-23(25)24-10-8-22(20-26(24)27)33-18-16-30-13-5-2-6-14-30;/h7-10,19-20,31H,1-6,11-18H2;1H/p-1. The van der Waals surface area contributed by atoms with Crippen molar-refractivity contribution in [2.24, 2.45) is 5.16 Å². The zero-order chi connectivity index (χ0) is 22.5. The average Bonchev–Trinajstić information content (AvgIpc) is 3.17. The maximum atomic E-state index is 9.83. The van der Waals surface area contributed by atoms with Crippen molar-refractivity contribution in [3.05, 3.63) is 47.5 Å². The van der Waals surface area contributed by atoms with Crippen molar-refractivity contribution in [2.45, 2.75) is 38.5 Å². The molecule has 1 N–H and O–H groups in total. The molecule has 0 aromatic heterocycles. The van der Waals surface area contributed by atoms with Gasteiger partial charge in [0.25, 0.3) is 0 Å². The Labute approximate surface area is 208 Å². The largest absolute Gasteiger partial charge is 1.00 e. The molecule has 5 rings (SSSR count). The van der Waals surface area contributed by atoms with E-state index >= 15 is 0 Å². The summed E-state index contributed by atoms with van der Waals surface area (Å²) < 4.78 is 12.1. The van der Waals surface area contributed by atoms with Crippen LogP contribution in [0.4, 0.5) is 0 Å². The van der Waals surface area contributed by atoms with Crippen LogP contribution < -0.4 is 21.9 Å². The van der Waals surface area contributed by atoms with Crippen molar-refractivity contribution in [1.82, 2.24) is 9.80 Å². The van der Waals surface area contributed by atoms with Crippen molar-refractivity contribution < 1.29 is 27.1 Å². The van der Waals surface area contributed by atoms with E-state index in [9.17, 15) is 5.21 Å². The third-order valence-corrected chi connectivity index (χ3v) is 7.13. The van der Waals surface area contributed by atoms with Crippen LogP contribution in [0.3, 0.4) is 0 Å². The summed E-state index contributed by atoms with van der Waals surface area (Å²) in [6.07, 6.45) is 7.85. The summed E-state index contributed by atoms with van der Waals surface area (Å²) in [5, 5.41) is 13.5. The van der Waals surface area contributed by atoms with Crippen molar-refractivity contribution in [3.8, 4) is 22.6 Å². The monoisotopic (exact) mass is 484 g/mol. The SMILES string of the molecule is ON=C1c2cc(OCCN3CCCCC3)ccc2-c2ccc(OCCN3CCCCC3)cc21.[Cl-]. The molecule has 0 unspecified atom stereocenters. The number of fused-ring (bicyclic) bond motifs is 3. The van der Waals surface area contributed by atoms with Gasteiger partial charge in [0, 0.05) is 24.2 Å². The fourth-order valence-electron chi connectivity index (χ4n) is 5.29. The second-order valence-corrected chi connectivity index (χ2v) is 9.36. The number of benzene rings is 2. The molecule has 1 aliphatic carbocycles. The molecule has 0 amide bonds. The van der Waals surface area contributed by atoms with Gasteiger partial charge in [-0.2, -0.15) is 0 Å². The number of hydrogen-bond donors (Lipinski definition) is 1. The summed E-state index contributed by atoms with van der Waals surface area (Å²) in [6, 6.07) is 12.2. The molecule has 2 aromatic rings. The Morgan fingerprint density at radius 1 is 0.647 bits per heavy atom. The van der Waals surface area contributed by atoms with Gasteiger partial charge in [0.2, 0.25) is 0 Å². The van der Waals surface area contributed by atoms with E-state index in [2.05, 4.69) is 27.1 Å². The molecule has 2 aliphatic heterocycles. The summed E-state index contributed by atoms with van der Waals surface area (Å²) in [6.45, 7) is 7.95. The van der Waals surface area contributed by atoms with Crippen LogP contribution in [0.25, 0.3) is 11.1 Å². The van der Waals surface area contributed by atoms with E-state index in [0.717, 1.165) is 46.8 Å². The fourth-order valence-corrected chi connectivity index (χ4v) is 5.29. The lowest BCUT2D eigenvalue weighted by Gasteiger charge is -2.26. The highest BCUT2D eigenvalue weighted by molar-refractivity contribution is 6.24. The van der Waals surface area contributed by atoms with Crippen molar-refractivity contribution in [2.75, 3.05) is 52.5 Å². The number of rotatable bonds is 8. The second kappa shape index (κ2) is 11.9. The maximum Gasteiger partial charge on any atom is 0.120 e. The molecule has 0 atom stereocenters. The van der Waals surface area contributed by atoms with E-state index in [1.54, 1.807) is 0 Å². The van der Waals surface area contributed by atoms with Gasteiger partial charge in [0.05, 0.1) is 0 Å². The van der Waals surface area contributed by atoms with Crippen LogP contribution in [-0.4, -0.2) is 73.2 Å². The molecule has 0 bridgehead atoms. The molecular formula is C27H35ClN3O3-. The number of halogens is 1. The van der Waals surface area contributed by atoms with Gasteiger partial charge in [-0.3, -0.25) is 9.80 Å². The molecule has 3 aliphatic rings. The van der Waals surface area contributed by atoms with Crippen LogP contribution in [0, 0.1) is 0 Å². The average molecular weight is 485 g/mol. The summed E-state index contributed by atoms with van der Waals surface area (Å²) in [7, 11) is 0. The number of ether oxygens (including phenoxy) is 2. The number of likely N-dealkylation sites (tertiary alicyclic amines) is 2. The van der Waals surface area contributed by atoms with E-state index < -0.39 is 0 Å². The van der Waals surface area contributed by atoms with Gasteiger partial charge in [-0.15, -0.1) is 0 Å². The lowest BCUT2D eigenvalue weighted by molar-refractivity contribution is -0.00000843. The number of oxime groups is 1. The molecule has 2 aromatic carbocycles. The molecular weight excluding hydrogens is 450 g/mol. The minimum absolute atomic E-state index is 0. The minimum Gasteiger partial charge on any atom is -1.00 e. The molecule has 2 fully saturated rings. The van der Waals surface area contributed by atoms with Gasteiger partial charge in [-0.1, -0.05) is 18.0 Å². The van der Waals surface area contributed by atoms with Crippen LogP contribution >= 0.6 is 0 Å². The lowest BCUT2D eigenvalue weighted by atomic mass is 10.1. The smallest absolute Gasteiger partial charge is 0.120 e. The van der Waals surface area contributed by atoms with Crippen LogP contribution in [0.15, 0.2) is 41.6 Å². The Kier molecular flexibility index (Phi) is 8.70. The fraction of sp³-hybridized carbons (Fsp3) is 0.519. The Morgan fingerprint density at radius 3 is 1.50 bits per heavy atom. The first kappa shape index (κ1) is 24.8. The molecule has 2 saturated heterocycles. The third-order valence-electron chi connectivity index (χ3n) is 7.13. The van der Waals surface area contributed by atoms with E-state index in [1.807, 2.05) is 24.3 Å². The molecule has 0 spiro atoms. The van der Waals surface area contributed by atoms with Crippen LogP contribution in [0.5, 0.6) is 11.5 Å². The van der Waals surface area contributed by atoms with Gasteiger partial charge in [0.1, 0.15) is 30.4 Å². The van der Waals surface area contributed by atoms with Gasteiger partial charge in [-0.05, 0) is 99.4 Å². The quantitative estimate of drug-likeness (QED) is 0.389. The van der Waals surface area contributed by atoms with E-state index in [-0.39, 0.29) is 12.4 Å². The second-order valence-electron chi connectivity index (χ2n) is 9.36. The Morgan fingerprint density at radius 2 is 1.09 bits per heavy atom. The van der Waals surface area contributed by atoms with Crippen LogP contribution in [0.2, 0.25) is 0 Å². The molecule has 7 heteroatoms. The molecule has 2 heterocycles. The van der Waals surface area contributed by atoms with Crippen molar-refractivity contribution in [1.29, 1.82) is 0 Å². The molecule has 184 valence electrons. The molecule has 6 nitrogen and oxygen atoms in total. The first-order chi connectivity index (χ1) is 16.3. The molecule has 34 heavy (non-hydrogen) atoms. The minimum atomic E-state index is 0. The van der Waals surface area contributed by atoms with Gasteiger partial charge in [0.15, 0.2) is 0 Å². The first-order valence-corrected chi connectivity index (χ1v) is 12.5. The zero-order valence-corrected chi connectivity index (χ0v) is 20.6. The lowest BCUT2D eigenvalue weighted by Crippen LogP contribution is -3.00. The highest BCUT2D eigenvalue weighted by atomic mass is 35.5. The number of nitrogens with zero attached hydrogens (tertiary/aromatic N) is 3. The summed E-state index contributed by atoms with van der Waals surface area (Å²) in [4.78, 5) is 4.94. The molecule has 0 radical (unpaired) electrons. The van der Waals surface area contributed by atoms with Crippen LogP contribution in [-0.2, 0) is 0 Å². The highest BCUT2D eigenvalue weighted by Gasteiger charge is 2.27. The van der Waals surface area contributed by atoms with Gasteiger partial charge < -0.3 is 27.1 Å². The number of hydrogen-bond acceptors (Lipinski definition) is 6. The zero-order valence-electron chi connectivity index (χ0n) is 19.8. The predicted octanol–water partition coefficient (Wildman–Crippen LogP) is 1.63. The van der Waals surface area contributed by atoms with Gasteiger partial charge in [-0.25, -0.2) is 0 Å². The van der Waals surface area contributed by atoms with E-state index in [0.29, 0.717) is 18.9 Å². The van der Waals surface area contributed by atoms with Gasteiger partial charge >= 0.3 is 0 Å².